The molecule has 0 unspecified atom stereocenters. The second kappa shape index (κ2) is 7.93. The first-order chi connectivity index (χ1) is 10.3. The van der Waals surface area contributed by atoms with Crippen LogP contribution in [0.5, 0.6) is 0 Å². The molecule has 0 aliphatic heterocycles. The van der Waals surface area contributed by atoms with Gasteiger partial charge in [-0.15, -0.1) is 0 Å². The van der Waals surface area contributed by atoms with Crippen LogP contribution in [0.25, 0.3) is 11.0 Å². The molecule has 116 valence electrons. The van der Waals surface area contributed by atoms with Gasteiger partial charge < -0.3 is 17.0 Å². The Morgan fingerprint density at radius 3 is 2.50 bits per heavy atom. The lowest BCUT2D eigenvalue weighted by molar-refractivity contribution is -0.663. The summed E-state index contributed by atoms with van der Waals surface area (Å²) in [5, 5.41) is 0. The fourth-order valence-corrected chi connectivity index (χ4v) is 2.93. The average molecular weight is 424 g/mol. The first kappa shape index (κ1) is 17.2. The molecule has 0 saturated heterocycles. The second-order valence-corrected chi connectivity index (χ2v) is 6.32. The van der Waals surface area contributed by atoms with Crippen molar-refractivity contribution in [2.75, 3.05) is 0 Å². The van der Waals surface area contributed by atoms with E-state index in [1.807, 2.05) is 0 Å². The Morgan fingerprint density at radius 2 is 1.77 bits per heavy atom. The van der Waals surface area contributed by atoms with Crippen LogP contribution in [0.15, 0.2) is 59.3 Å². The number of halogens is 2. The molecule has 0 saturated carbocycles. The predicted octanol–water partition coefficient (Wildman–Crippen LogP) is 1.54. The summed E-state index contributed by atoms with van der Waals surface area (Å²) in [5.74, 6) is 0. The molecule has 0 fully saturated rings. The van der Waals surface area contributed by atoms with Crippen molar-refractivity contribution in [1.29, 1.82) is 0 Å². The van der Waals surface area contributed by atoms with Crippen LogP contribution >= 0.6 is 15.9 Å². The smallest absolute Gasteiger partial charge is 0.245 e. The topological polar surface area (TPSA) is 8.81 Å². The highest BCUT2D eigenvalue weighted by atomic mass is 79.9. The molecule has 1 heterocycles. The number of imidazole rings is 1. The number of hydrogen-bond acceptors (Lipinski definition) is 0. The minimum Gasteiger partial charge on any atom is -1.00 e. The molecule has 4 heteroatoms. The van der Waals surface area contributed by atoms with Crippen molar-refractivity contribution in [1.82, 2.24) is 4.57 Å². The molecule has 0 spiro atoms. The number of para-hydroxylation sites is 2. The molecule has 0 atom stereocenters. The van der Waals surface area contributed by atoms with Crippen molar-refractivity contribution in [3.05, 3.63) is 64.9 Å². The molecule has 3 rings (SSSR count). The zero-order valence-corrected chi connectivity index (χ0v) is 15.8. The zero-order chi connectivity index (χ0) is 14.7. The number of unbranched alkanes of at least 4 members (excludes halogenated alkanes) is 1. The maximum Gasteiger partial charge on any atom is 0.245 e. The van der Waals surface area contributed by atoms with Gasteiger partial charge in [-0.3, -0.25) is 0 Å². The fourth-order valence-electron chi connectivity index (χ4n) is 2.66. The van der Waals surface area contributed by atoms with Gasteiger partial charge in [0.15, 0.2) is 11.0 Å². The van der Waals surface area contributed by atoms with E-state index in [1.54, 1.807) is 0 Å². The minimum atomic E-state index is 0. The van der Waals surface area contributed by atoms with Crippen molar-refractivity contribution < 1.29 is 21.5 Å². The first-order valence-corrected chi connectivity index (χ1v) is 8.29. The van der Waals surface area contributed by atoms with Gasteiger partial charge in [-0.05, 0) is 36.2 Å². The van der Waals surface area contributed by atoms with Crippen LogP contribution in [0, 0.1) is 0 Å². The Bertz CT molecular complexity index is 732. The van der Waals surface area contributed by atoms with Gasteiger partial charge in [0.25, 0.3) is 0 Å². The molecule has 2 aromatic carbocycles. The van der Waals surface area contributed by atoms with E-state index >= 15 is 0 Å². The molecule has 0 bridgehead atoms. The van der Waals surface area contributed by atoms with Gasteiger partial charge >= 0.3 is 0 Å². The van der Waals surface area contributed by atoms with E-state index < -0.39 is 0 Å². The third-order valence-electron chi connectivity index (χ3n) is 3.80. The van der Waals surface area contributed by atoms with E-state index in [2.05, 4.69) is 86.8 Å². The van der Waals surface area contributed by atoms with Crippen LogP contribution in [-0.4, -0.2) is 4.57 Å². The van der Waals surface area contributed by atoms with Crippen LogP contribution in [0.4, 0.5) is 0 Å². The highest BCUT2D eigenvalue weighted by Gasteiger charge is 2.14. The lowest BCUT2D eigenvalue weighted by Gasteiger charge is -1.99. The highest BCUT2D eigenvalue weighted by molar-refractivity contribution is 9.10. The Morgan fingerprint density at radius 1 is 1.05 bits per heavy atom. The summed E-state index contributed by atoms with van der Waals surface area (Å²) in [4.78, 5) is 0. The number of fused-ring (bicyclic) bond motifs is 1. The van der Waals surface area contributed by atoms with E-state index in [0.29, 0.717) is 0 Å². The standard InChI is InChI=1S/C18H20BrN2.BrH/c1-2-3-12-20-14-21(18-7-5-4-6-17(18)20)13-15-8-10-16(19)11-9-15;/h4-11,14H,2-3,12-13H2,1H3;1H/q+1;/p-1. The normalized spacial score (nSPS) is 10.6. The van der Waals surface area contributed by atoms with Gasteiger partial charge in [0, 0.05) is 4.47 Å². The largest absolute Gasteiger partial charge is 1.00 e. The summed E-state index contributed by atoms with van der Waals surface area (Å²) < 4.78 is 5.84. The third-order valence-corrected chi connectivity index (χ3v) is 4.33. The molecule has 0 radical (unpaired) electrons. The molecule has 0 N–H and O–H groups in total. The number of benzene rings is 2. The monoisotopic (exact) mass is 422 g/mol. The van der Waals surface area contributed by atoms with Crippen molar-refractivity contribution in [2.24, 2.45) is 0 Å². The molecule has 0 aliphatic carbocycles. The molecule has 3 aromatic rings. The zero-order valence-electron chi connectivity index (χ0n) is 12.7. The van der Waals surface area contributed by atoms with Gasteiger partial charge in [-0.2, -0.15) is 0 Å². The maximum atomic E-state index is 3.49. The summed E-state index contributed by atoms with van der Waals surface area (Å²) in [6.07, 6.45) is 4.69. The Kier molecular flexibility index (Phi) is 6.21. The van der Waals surface area contributed by atoms with Crippen molar-refractivity contribution in [3.63, 3.8) is 0 Å². The van der Waals surface area contributed by atoms with Gasteiger partial charge in [-0.25, -0.2) is 9.13 Å². The summed E-state index contributed by atoms with van der Waals surface area (Å²) in [6, 6.07) is 17.2. The van der Waals surface area contributed by atoms with E-state index in [-0.39, 0.29) is 17.0 Å². The van der Waals surface area contributed by atoms with Crippen LogP contribution in [0.1, 0.15) is 25.3 Å². The maximum absolute atomic E-state index is 3.49. The second-order valence-electron chi connectivity index (χ2n) is 5.41. The third kappa shape index (κ3) is 3.79. The Balaban J connectivity index is 0.00000176. The van der Waals surface area contributed by atoms with Crippen molar-refractivity contribution >= 4 is 27.0 Å². The van der Waals surface area contributed by atoms with Crippen LogP contribution in [0.2, 0.25) is 0 Å². The van der Waals surface area contributed by atoms with E-state index in [9.17, 15) is 0 Å². The fraction of sp³-hybridized carbons (Fsp3) is 0.278. The molecular formula is C18H20Br2N2. The molecule has 0 amide bonds. The van der Waals surface area contributed by atoms with Crippen molar-refractivity contribution in [3.8, 4) is 0 Å². The lowest BCUT2D eigenvalue weighted by atomic mass is 10.2. The van der Waals surface area contributed by atoms with Gasteiger partial charge in [-0.1, -0.05) is 53.5 Å². The highest BCUT2D eigenvalue weighted by Crippen LogP contribution is 2.14. The average Bonchev–Trinajstić information content (AvgIpc) is 2.86. The summed E-state index contributed by atoms with van der Waals surface area (Å²) in [5.41, 5.74) is 3.95. The minimum absolute atomic E-state index is 0. The van der Waals surface area contributed by atoms with Crippen LogP contribution < -0.4 is 21.5 Å². The molecule has 2 nitrogen and oxygen atoms in total. The Hall–Kier alpha value is -1.13. The lowest BCUT2D eigenvalue weighted by Crippen LogP contribution is -3.00. The number of aryl methyl sites for hydroxylation is 1. The van der Waals surface area contributed by atoms with E-state index in [1.165, 1.54) is 29.4 Å². The van der Waals surface area contributed by atoms with Crippen molar-refractivity contribution in [2.45, 2.75) is 32.9 Å². The first-order valence-electron chi connectivity index (χ1n) is 7.49. The number of aromatic nitrogens is 2. The quantitative estimate of drug-likeness (QED) is 0.550. The van der Waals surface area contributed by atoms with E-state index in [4.69, 9.17) is 0 Å². The Labute approximate surface area is 150 Å². The summed E-state index contributed by atoms with van der Waals surface area (Å²) >= 11 is 3.49. The molecule has 0 aliphatic rings. The summed E-state index contributed by atoms with van der Waals surface area (Å²) in [7, 11) is 0. The van der Waals surface area contributed by atoms with Gasteiger partial charge in [0.05, 0.1) is 6.54 Å². The summed E-state index contributed by atoms with van der Waals surface area (Å²) in [6.45, 7) is 4.23. The van der Waals surface area contributed by atoms with Crippen LogP contribution in [0.3, 0.4) is 0 Å². The predicted molar refractivity (Wildman–Crippen MR) is 90.3 cm³/mol. The molecule has 22 heavy (non-hydrogen) atoms. The van der Waals surface area contributed by atoms with E-state index in [0.717, 1.165) is 17.6 Å². The van der Waals surface area contributed by atoms with Gasteiger partial charge in [0.2, 0.25) is 6.33 Å². The van der Waals surface area contributed by atoms with Crippen LogP contribution in [-0.2, 0) is 13.1 Å². The number of rotatable bonds is 5. The number of hydrogen-bond donors (Lipinski definition) is 0. The van der Waals surface area contributed by atoms with Gasteiger partial charge in [0.1, 0.15) is 6.54 Å². The SMILES string of the molecule is CCCCn1c[n+](Cc2ccc(Br)cc2)c2ccccc21.[Br-]. The number of nitrogens with zero attached hydrogens (tertiary/aromatic N) is 2. The molecule has 1 aromatic heterocycles. The molecular weight excluding hydrogens is 404 g/mol.